The van der Waals surface area contributed by atoms with Crippen molar-refractivity contribution >= 4 is 9.84 Å². The molecule has 0 radical (unpaired) electrons. The third-order valence-corrected chi connectivity index (χ3v) is 6.28. The molecule has 1 heterocycles. The second kappa shape index (κ2) is 6.22. The van der Waals surface area contributed by atoms with Crippen molar-refractivity contribution in [3.8, 4) is 0 Å². The number of aryl methyl sites for hydroxylation is 1. The predicted molar refractivity (Wildman–Crippen MR) is 79.0 cm³/mol. The van der Waals surface area contributed by atoms with Crippen LogP contribution in [0.15, 0.2) is 18.2 Å². The Morgan fingerprint density at radius 3 is 2.75 bits per heavy atom. The highest BCUT2D eigenvalue weighted by Gasteiger charge is 2.36. The van der Waals surface area contributed by atoms with Crippen LogP contribution in [0.2, 0.25) is 0 Å². The Bertz CT molecular complexity index is 571. The molecule has 1 aromatic carbocycles. The first-order valence-corrected chi connectivity index (χ1v) is 8.88. The first-order valence-electron chi connectivity index (χ1n) is 7.16. The van der Waals surface area contributed by atoms with Gasteiger partial charge in [-0.15, -0.1) is 0 Å². The zero-order chi connectivity index (χ0) is 14.8. The van der Waals surface area contributed by atoms with Crippen LogP contribution >= 0.6 is 0 Å². The van der Waals surface area contributed by atoms with Crippen LogP contribution in [-0.2, 0) is 9.84 Å². The van der Waals surface area contributed by atoms with Gasteiger partial charge in [0.1, 0.15) is 5.82 Å². The highest BCUT2D eigenvalue weighted by atomic mass is 32.2. The van der Waals surface area contributed by atoms with Gasteiger partial charge in [0.2, 0.25) is 0 Å². The van der Waals surface area contributed by atoms with E-state index in [-0.39, 0.29) is 17.6 Å². The van der Waals surface area contributed by atoms with Gasteiger partial charge in [-0.2, -0.15) is 0 Å². The molecule has 3 nitrogen and oxygen atoms in total. The molecule has 0 amide bonds. The van der Waals surface area contributed by atoms with Crippen molar-refractivity contribution in [3.63, 3.8) is 0 Å². The summed E-state index contributed by atoms with van der Waals surface area (Å²) in [6, 6.07) is 4.34. The molecule has 1 aromatic rings. The summed E-state index contributed by atoms with van der Waals surface area (Å²) in [5.41, 5.74) is 1.69. The first kappa shape index (κ1) is 15.4. The van der Waals surface area contributed by atoms with Crippen LogP contribution < -0.4 is 5.32 Å². The molecule has 0 aliphatic carbocycles. The zero-order valence-electron chi connectivity index (χ0n) is 12.0. The third kappa shape index (κ3) is 3.20. The standard InChI is InChI=1S/C15H22FNO2S/c1-3-17-15(13-8-7-12(16)10-11(13)2)14-6-4-5-9-20(14,18)19/h7-8,10,14-15,17H,3-6,9H2,1-2H3. The summed E-state index contributed by atoms with van der Waals surface area (Å²) in [6.07, 6.45) is 2.36. The minimum absolute atomic E-state index is 0.245. The summed E-state index contributed by atoms with van der Waals surface area (Å²) in [7, 11) is -3.08. The number of benzene rings is 1. The Balaban J connectivity index is 2.40. The van der Waals surface area contributed by atoms with Gasteiger partial charge in [0, 0.05) is 6.04 Å². The number of rotatable bonds is 4. The number of halogens is 1. The summed E-state index contributed by atoms with van der Waals surface area (Å²) in [5, 5.41) is 2.88. The summed E-state index contributed by atoms with van der Waals surface area (Å²) in [5.74, 6) is -0.0206. The Hall–Kier alpha value is -0.940. The Labute approximate surface area is 120 Å². The maximum atomic E-state index is 13.3. The molecule has 112 valence electrons. The lowest BCUT2D eigenvalue weighted by atomic mass is 9.95. The summed E-state index contributed by atoms with van der Waals surface area (Å²) in [6.45, 7) is 4.48. The molecule has 0 spiro atoms. The largest absolute Gasteiger partial charge is 0.309 e. The van der Waals surface area contributed by atoms with Gasteiger partial charge in [-0.1, -0.05) is 19.4 Å². The number of hydrogen-bond donors (Lipinski definition) is 1. The van der Waals surface area contributed by atoms with Gasteiger partial charge in [-0.25, -0.2) is 12.8 Å². The highest BCUT2D eigenvalue weighted by Crippen LogP contribution is 2.32. The SMILES string of the molecule is CCNC(c1ccc(F)cc1C)C1CCCCS1(=O)=O. The second-order valence-electron chi connectivity index (χ2n) is 5.44. The molecular formula is C15H22FNO2S. The van der Waals surface area contributed by atoms with E-state index in [9.17, 15) is 12.8 Å². The van der Waals surface area contributed by atoms with Gasteiger partial charge in [0.05, 0.1) is 11.0 Å². The lowest BCUT2D eigenvalue weighted by molar-refractivity contribution is 0.452. The van der Waals surface area contributed by atoms with E-state index in [4.69, 9.17) is 0 Å². The van der Waals surface area contributed by atoms with Gasteiger partial charge in [0.15, 0.2) is 9.84 Å². The van der Waals surface area contributed by atoms with Crippen molar-refractivity contribution < 1.29 is 12.8 Å². The molecule has 0 saturated carbocycles. The van der Waals surface area contributed by atoms with E-state index < -0.39 is 15.1 Å². The van der Waals surface area contributed by atoms with Gasteiger partial charge in [0.25, 0.3) is 0 Å². The number of nitrogens with one attached hydrogen (secondary N) is 1. The second-order valence-corrected chi connectivity index (χ2v) is 7.78. The maximum absolute atomic E-state index is 13.3. The molecule has 2 unspecified atom stereocenters. The van der Waals surface area contributed by atoms with E-state index in [1.165, 1.54) is 12.1 Å². The van der Waals surface area contributed by atoms with Crippen molar-refractivity contribution in [1.29, 1.82) is 0 Å². The van der Waals surface area contributed by atoms with E-state index in [2.05, 4.69) is 5.32 Å². The van der Waals surface area contributed by atoms with Crippen LogP contribution in [0.5, 0.6) is 0 Å². The van der Waals surface area contributed by atoms with Crippen molar-refractivity contribution in [2.45, 2.75) is 44.4 Å². The third-order valence-electron chi connectivity index (χ3n) is 3.99. The van der Waals surface area contributed by atoms with Crippen molar-refractivity contribution in [1.82, 2.24) is 5.32 Å². The monoisotopic (exact) mass is 299 g/mol. The van der Waals surface area contributed by atoms with Crippen molar-refractivity contribution in [3.05, 3.63) is 35.1 Å². The molecule has 1 aliphatic heterocycles. The molecule has 0 aromatic heterocycles. The quantitative estimate of drug-likeness (QED) is 0.930. The Morgan fingerprint density at radius 1 is 1.40 bits per heavy atom. The summed E-state index contributed by atoms with van der Waals surface area (Å²) in [4.78, 5) is 0. The van der Waals surface area contributed by atoms with Crippen LogP contribution in [0, 0.1) is 12.7 Å². The smallest absolute Gasteiger partial charge is 0.155 e. The average molecular weight is 299 g/mol. The van der Waals surface area contributed by atoms with Gasteiger partial charge in [-0.3, -0.25) is 0 Å². The van der Waals surface area contributed by atoms with E-state index in [1.807, 2.05) is 13.8 Å². The Morgan fingerprint density at radius 2 is 2.15 bits per heavy atom. The minimum atomic E-state index is -3.08. The van der Waals surface area contributed by atoms with Crippen LogP contribution in [0.4, 0.5) is 4.39 Å². The maximum Gasteiger partial charge on any atom is 0.155 e. The molecule has 5 heteroatoms. The Kier molecular flexibility index (Phi) is 4.81. The fraction of sp³-hybridized carbons (Fsp3) is 0.600. The topological polar surface area (TPSA) is 46.2 Å². The van der Waals surface area contributed by atoms with Gasteiger partial charge >= 0.3 is 0 Å². The lowest BCUT2D eigenvalue weighted by Gasteiger charge is -2.31. The van der Waals surface area contributed by atoms with E-state index in [0.29, 0.717) is 13.0 Å². The fourth-order valence-electron chi connectivity index (χ4n) is 3.00. The van der Waals surface area contributed by atoms with Crippen LogP contribution in [0.1, 0.15) is 43.4 Å². The van der Waals surface area contributed by atoms with Gasteiger partial charge < -0.3 is 5.32 Å². The van der Waals surface area contributed by atoms with Crippen LogP contribution in [0.25, 0.3) is 0 Å². The molecule has 2 rings (SSSR count). The molecule has 1 N–H and O–H groups in total. The molecule has 2 atom stereocenters. The molecular weight excluding hydrogens is 277 g/mol. The fourth-order valence-corrected chi connectivity index (χ4v) is 5.10. The zero-order valence-corrected chi connectivity index (χ0v) is 12.8. The molecule has 0 bridgehead atoms. The molecule has 1 aliphatic rings. The van der Waals surface area contributed by atoms with Gasteiger partial charge in [-0.05, 0) is 49.6 Å². The van der Waals surface area contributed by atoms with Crippen molar-refractivity contribution in [2.24, 2.45) is 0 Å². The van der Waals surface area contributed by atoms with E-state index in [1.54, 1.807) is 6.07 Å². The summed E-state index contributed by atoms with van der Waals surface area (Å²) < 4.78 is 37.9. The van der Waals surface area contributed by atoms with E-state index in [0.717, 1.165) is 24.0 Å². The number of hydrogen-bond acceptors (Lipinski definition) is 3. The normalized spacial score (nSPS) is 23.4. The summed E-state index contributed by atoms with van der Waals surface area (Å²) >= 11 is 0. The highest BCUT2D eigenvalue weighted by molar-refractivity contribution is 7.92. The lowest BCUT2D eigenvalue weighted by Crippen LogP contribution is -2.40. The van der Waals surface area contributed by atoms with Crippen LogP contribution in [-0.4, -0.2) is 26.0 Å². The first-order chi connectivity index (χ1) is 9.45. The van der Waals surface area contributed by atoms with Crippen LogP contribution in [0.3, 0.4) is 0 Å². The molecule has 20 heavy (non-hydrogen) atoms. The molecule has 1 saturated heterocycles. The average Bonchev–Trinajstić information content (AvgIpc) is 2.37. The minimum Gasteiger partial charge on any atom is -0.309 e. The number of sulfone groups is 1. The van der Waals surface area contributed by atoms with E-state index >= 15 is 0 Å². The predicted octanol–water partition coefficient (Wildman–Crippen LogP) is 2.75. The van der Waals surface area contributed by atoms with Crippen molar-refractivity contribution in [2.75, 3.05) is 12.3 Å². The molecule has 1 fully saturated rings.